The maximum atomic E-state index is 13.6. The summed E-state index contributed by atoms with van der Waals surface area (Å²) < 4.78 is 45.6. The van der Waals surface area contributed by atoms with Crippen molar-refractivity contribution in [3.05, 3.63) is 53.7 Å². The Morgan fingerprint density at radius 3 is 2.63 bits per heavy atom. The Balaban J connectivity index is 1.70. The number of aryl methyl sites for hydroxylation is 1. The van der Waals surface area contributed by atoms with E-state index >= 15 is 0 Å². The summed E-state index contributed by atoms with van der Waals surface area (Å²) in [5, 5.41) is 5.36. The molecule has 2 atom stereocenters. The lowest BCUT2D eigenvalue weighted by molar-refractivity contribution is -0.129. The van der Waals surface area contributed by atoms with E-state index in [-0.39, 0.29) is 29.5 Å². The van der Waals surface area contributed by atoms with E-state index in [1.165, 1.54) is 18.4 Å². The first-order valence-corrected chi connectivity index (χ1v) is 12.9. The predicted molar refractivity (Wildman–Crippen MR) is 125 cm³/mol. The lowest BCUT2D eigenvalue weighted by Crippen LogP contribution is -2.52. The number of benzene rings is 1. The van der Waals surface area contributed by atoms with Crippen LogP contribution in [0.2, 0.25) is 0 Å². The zero-order valence-corrected chi connectivity index (χ0v) is 20.7. The zero-order valence-electron chi connectivity index (χ0n) is 19.9. The molecule has 1 unspecified atom stereocenters. The largest absolute Gasteiger partial charge is 0.459 e. The van der Waals surface area contributed by atoms with Gasteiger partial charge in [0, 0.05) is 12.1 Å². The van der Waals surface area contributed by atoms with E-state index in [2.05, 4.69) is 10.6 Å². The fourth-order valence-corrected chi connectivity index (χ4v) is 5.41. The summed E-state index contributed by atoms with van der Waals surface area (Å²) in [6.07, 6.45) is 2.27. The van der Waals surface area contributed by atoms with Gasteiger partial charge >= 0.3 is 0 Å². The number of hydrogen-bond donors (Lipinski definition) is 2. The minimum absolute atomic E-state index is 0.0564. The standard InChI is InChI=1S/C24H30FN3O6S/c1-15(2)12-20(27-24(31)22-16(3)9-11-34-22)23(30)26-19-8-5-10-28(14-21(19)29)35(32,33)18-7-4-6-17(25)13-18/h4,6-7,9,11,13,15,19-20H,5,8,10,12,14H2,1-3H3,(H,26,30)(H,27,31)/t19-,20?/m0/s1. The molecule has 3 rings (SSSR count). The number of carbonyl (C=O) groups is 3. The number of furan rings is 1. The number of hydrogen-bond acceptors (Lipinski definition) is 6. The predicted octanol–water partition coefficient (Wildman–Crippen LogP) is 2.41. The summed E-state index contributed by atoms with van der Waals surface area (Å²) in [6, 6.07) is 4.43. The van der Waals surface area contributed by atoms with Crippen LogP contribution < -0.4 is 10.6 Å². The van der Waals surface area contributed by atoms with Crippen molar-refractivity contribution in [1.29, 1.82) is 0 Å². The summed E-state index contributed by atoms with van der Waals surface area (Å²) in [5.74, 6) is -2.06. The van der Waals surface area contributed by atoms with Gasteiger partial charge in [-0.25, -0.2) is 12.8 Å². The Morgan fingerprint density at radius 1 is 1.26 bits per heavy atom. The van der Waals surface area contributed by atoms with Crippen LogP contribution in [-0.4, -0.2) is 55.5 Å². The summed E-state index contributed by atoms with van der Waals surface area (Å²) in [5.41, 5.74) is 0.629. The molecule has 0 saturated carbocycles. The van der Waals surface area contributed by atoms with Crippen LogP contribution in [0.3, 0.4) is 0 Å². The molecule has 0 bridgehead atoms. The van der Waals surface area contributed by atoms with Crippen LogP contribution in [0.15, 0.2) is 45.9 Å². The smallest absolute Gasteiger partial charge is 0.287 e. The number of nitrogens with one attached hydrogen (secondary N) is 2. The van der Waals surface area contributed by atoms with Crippen LogP contribution in [0.25, 0.3) is 0 Å². The third kappa shape index (κ3) is 6.55. The van der Waals surface area contributed by atoms with Crippen molar-refractivity contribution in [3.63, 3.8) is 0 Å². The first-order chi connectivity index (χ1) is 16.5. The number of ketones is 1. The maximum absolute atomic E-state index is 13.6. The van der Waals surface area contributed by atoms with Gasteiger partial charge in [-0.15, -0.1) is 0 Å². The number of halogens is 1. The minimum atomic E-state index is -4.08. The molecule has 0 radical (unpaired) electrons. The van der Waals surface area contributed by atoms with Crippen molar-refractivity contribution in [2.75, 3.05) is 13.1 Å². The fourth-order valence-electron chi connectivity index (χ4n) is 3.93. The van der Waals surface area contributed by atoms with E-state index in [1.54, 1.807) is 13.0 Å². The molecular weight excluding hydrogens is 477 g/mol. The molecule has 2 heterocycles. The molecule has 1 aromatic carbocycles. The number of Topliss-reactive ketones (excluding diaryl/α,β-unsaturated/α-hetero) is 1. The topological polar surface area (TPSA) is 126 Å². The Hall–Kier alpha value is -3.05. The van der Waals surface area contributed by atoms with Crippen molar-refractivity contribution < 1.29 is 31.6 Å². The summed E-state index contributed by atoms with van der Waals surface area (Å²) >= 11 is 0. The van der Waals surface area contributed by atoms with E-state index in [9.17, 15) is 27.2 Å². The monoisotopic (exact) mass is 507 g/mol. The van der Waals surface area contributed by atoms with Gasteiger partial charge in [-0.1, -0.05) is 19.9 Å². The van der Waals surface area contributed by atoms with Crippen LogP contribution >= 0.6 is 0 Å². The Kier molecular flexibility index (Phi) is 8.44. The van der Waals surface area contributed by atoms with Gasteiger partial charge in [-0.2, -0.15) is 4.31 Å². The molecular formula is C24H30FN3O6S. The van der Waals surface area contributed by atoms with Gasteiger partial charge in [0.05, 0.1) is 23.7 Å². The molecule has 1 aromatic heterocycles. The van der Waals surface area contributed by atoms with Gasteiger partial charge < -0.3 is 15.1 Å². The molecule has 1 saturated heterocycles. The lowest BCUT2D eigenvalue weighted by Gasteiger charge is -2.23. The molecule has 1 fully saturated rings. The maximum Gasteiger partial charge on any atom is 0.287 e. The van der Waals surface area contributed by atoms with Gasteiger partial charge in [-0.05, 0) is 56.4 Å². The molecule has 1 aliphatic rings. The molecule has 2 amide bonds. The van der Waals surface area contributed by atoms with Gasteiger partial charge in [0.25, 0.3) is 5.91 Å². The number of amides is 2. The number of sulfonamides is 1. The van der Waals surface area contributed by atoms with Crippen LogP contribution in [-0.2, 0) is 19.6 Å². The van der Waals surface area contributed by atoms with Crippen LogP contribution in [0.5, 0.6) is 0 Å². The van der Waals surface area contributed by atoms with Crippen molar-refractivity contribution in [2.45, 2.75) is 57.0 Å². The highest BCUT2D eigenvalue weighted by atomic mass is 32.2. The Labute approximate surface area is 204 Å². The second-order valence-corrected chi connectivity index (χ2v) is 11.0. The third-order valence-corrected chi connectivity index (χ3v) is 7.61. The Bertz CT molecular complexity index is 1190. The van der Waals surface area contributed by atoms with Gasteiger partial charge in [-0.3, -0.25) is 14.4 Å². The SMILES string of the molecule is Cc1ccoc1C(=O)NC(CC(C)C)C(=O)N[C@H]1CCCN(S(=O)(=O)c2cccc(F)c2)CC1=O. The van der Waals surface area contributed by atoms with E-state index < -0.39 is 52.1 Å². The average molecular weight is 508 g/mol. The second-order valence-electron chi connectivity index (χ2n) is 9.05. The Morgan fingerprint density at radius 2 is 2.00 bits per heavy atom. The van der Waals surface area contributed by atoms with E-state index in [4.69, 9.17) is 4.42 Å². The van der Waals surface area contributed by atoms with Gasteiger partial charge in [0.15, 0.2) is 11.5 Å². The molecule has 2 aromatic rings. The number of carbonyl (C=O) groups excluding carboxylic acids is 3. The molecule has 0 spiro atoms. The quantitative estimate of drug-likeness (QED) is 0.565. The molecule has 2 N–H and O–H groups in total. The minimum Gasteiger partial charge on any atom is -0.459 e. The highest BCUT2D eigenvalue weighted by Crippen LogP contribution is 2.20. The summed E-state index contributed by atoms with van der Waals surface area (Å²) in [6.45, 7) is 5.12. The van der Waals surface area contributed by atoms with E-state index in [0.717, 1.165) is 16.4 Å². The highest BCUT2D eigenvalue weighted by Gasteiger charge is 2.34. The summed E-state index contributed by atoms with van der Waals surface area (Å²) in [7, 11) is -4.08. The van der Waals surface area contributed by atoms with E-state index in [0.29, 0.717) is 18.4 Å². The van der Waals surface area contributed by atoms with Crippen LogP contribution in [0.1, 0.15) is 49.2 Å². The molecule has 35 heavy (non-hydrogen) atoms. The van der Waals surface area contributed by atoms with Crippen LogP contribution in [0, 0.1) is 18.7 Å². The zero-order chi connectivity index (χ0) is 25.8. The van der Waals surface area contributed by atoms with E-state index in [1.807, 2.05) is 13.8 Å². The lowest BCUT2D eigenvalue weighted by atomic mass is 10.0. The van der Waals surface area contributed by atoms with Gasteiger partial charge in [0.2, 0.25) is 15.9 Å². The summed E-state index contributed by atoms with van der Waals surface area (Å²) in [4.78, 5) is 38.3. The first-order valence-electron chi connectivity index (χ1n) is 11.4. The van der Waals surface area contributed by atoms with Crippen molar-refractivity contribution in [3.8, 4) is 0 Å². The second kappa shape index (κ2) is 11.1. The molecule has 0 aliphatic carbocycles. The third-order valence-electron chi connectivity index (χ3n) is 5.77. The van der Waals surface area contributed by atoms with Gasteiger partial charge in [0.1, 0.15) is 11.9 Å². The normalized spacial score (nSPS) is 18.2. The van der Waals surface area contributed by atoms with Crippen molar-refractivity contribution in [2.24, 2.45) is 5.92 Å². The number of rotatable bonds is 8. The molecule has 190 valence electrons. The molecule has 9 nitrogen and oxygen atoms in total. The molecule has 11 heteroatoms. The van der Waals surface area contributed by atoms with Crippen LogP contribution in [0.4, 0.5) is 4.39 Å². The molecule has 1 aliphatic heterocycles. The first kappa shape index (κ1) is 26.6. The van der Waals surface area contributed by atoms with Crippen molar-refractivity contribution >= 4 is 27.6 Å². The fraction of sp³-hybridized carbons (Fsp3) is 0.458. The average Bonchev–Trinajstić information content (AvgIpc) is 3.13. The number of nitrogens with zero attached hydrogens (tertiary/aromatic N) is 1. The highest BCUT2D eigenvalue weighted by molar-refractivity contribution is 7.89. The van der Waals surface area contributed by atoms with Crippen molar-refractivity contribution in [1.82, 2.24) is 14.9 Å².